The fourth-order valence-electron chi connectivity index (χ4n) is 1.60. The number of thiazole rings is 1. The minimum atomic E-state index is -0.566. The van der Waals surface area contributed by atoms with Crippen molar-refractivity contribution in [2.24, 2.45) is 5.73 Å². The van der Waals surface area contributed by atoms with Crippen molar-refractivity contribution in [3.63, 3.8) is 0 Å². The molecule has 4 nitrogen and oxygen atoms in total. The topological polar surface area (TPSA) is 59.2 Å². The Hall–Kier alpha value is -1.24. The second kappa shape index (κ2) is 5.60. The number of amides is 1. The normalized spacial score (nSPS) is 12.4. The van der Waals surface area contributed by atoms with Gasteiger partial charge in [-0.25, -0.2) is 4.98 Å². The first-order valence-electron chi connectivity index (χ1n) is 5.52. The molecule has 0 aliphatic carbocycles. The maximum absolute atomic E-state index is 12.2. The summed E-state index contributed by atoms with van der Waals surface area (Å²) in [6, 6.07) is 3.22. The quantitative estimate of drug-likeness (QED) is 0.934. The molecule has 2 rings (SSSR count). The number of hydrogen-bond donors (Lipinski definition) is 1. The molecular weight excluding hydrogens is 266 g/mol. The van der Waals surface area contributed by atoms with E-state index < -0.39 is 6.04 Å². The molecule has 2 aromatic rings. The largest absolute Gasteiger partial charge is 0.339 e. The number of carbonyl (C=O) groups excluding carboxylic acids is 1. The van der Waals surface area contributed by atoms with Crippen LogP contribution in [0.5, 0.6) is 0 Å². The summed E-state index contributed by atoms with van der Waals surface area (Å²) in [7, 11) is 1.77. The summed E-state index contributed by atoms with van der Waals surface area (Å²) in [5, 5.41) is 1.93. The second-order valence-corrected chi connectivity index (χ2v) is 5.97. The summed E-state index contributed by atoms with van der Waals surface area (Å²) in [6.07, 6.45) is 0. The number of nitrogens with two attached hydrogens (primary N) is 1. The molecule has 18 heavy (non-hydrogen) atoms. The van der Waals surface area contributed by atoms with Crippen molar-refractivity contribution >= 4 is 28.6 Å². The smallest absolute Gasteiger partial charge is 0.244 e. The Bertz CT molecular complexity index is 521. The number of rotatable bonds is 4. The highest BCUT2D eigenvalue weighted by Gasteiger charge is 2.21. The number of aryl methyl sites for hydroxylation is 1. The van der Waals surface area contributed by atoms with Gasteiger partial charge in [0.15, 0.2) is 0 Å². The standard InChI is InChI=1S/C12H15N3OS2/c1-8-10(18-7-14-8)6-15(2)12(16)11(13)9-4-3-5-17-9/h3-5,7,11H,6,13H2,1-2H3. The number of nitrogens with zero attached hydrogens (tertiary/aromatic N) is 2. The molecule has 96 valence electrons. The van der Waals surface area contributed by atoms with Crippen LogP contribution in [0.25, 0.3) is 0 Å². The minimum Gasteiger partial charge on any atom is -0.339 e. The number of likely N-dealkylation sites (N-methyl/N-ethyl adjacent to an activating group) is 1. The molecule has 6 heteroatoms. The summed E-state index contributed by atoms with van der Waals surface area (Å²) >= 11 is 3.07. The van der Waals surface area contributed by atoms with Gasteiger partial charge in [-0.05, 0) is 18.4 Å². The van der Waals surface area contributed by atoms with Gasteiger partial charge >= 0.3 is 0 Å². The van der Waals surface area contributed by atoms with Crippen LogP contribution in [-0.2, 0) is 11.3 Å². The lowest BCUT2D eigenvalue weighted by Gasteiger charge is -2.20. The van der Waals surface area contributed by atoms with Crippen LogP contribution in [0.3, 0.4) is 0 Å². The maximum Gasteiger partial charge on any atom is 0.244 e. The molecule has 0 aliphatic rings. The molecule has 0 spiro atoms. The van der Waals surface area contributed by atoms with Crippen molar-refractivity contribution in [1.82, 2.24) is 9.88 Å². The Balaban J connectivity index is 2.03. The van der Waals surface area contributed by atoms with Crippen molar-refractivity contribution in [1.29, 1.82) is 0 Å². The molecule has 0 radical (unpaired) electrons. The van der Waals surface area contributed by atoms with Gasteiger partial charge in [0.05, 0.1) is 17.7 Å². The van der Waals surface area contributed by atoms with Gasteiger partial charge in [-0.15, -0.1) is 22.7 Å². The third-order valence-electron chi connectivity index (χ3n) is 2.72. The van der Waals surface area contributed by atoms with Crippen molar-refractivity contribution in [2.45, 2.75) is 19.5 Å². The highest BCUT2D eigenvalue weighted by Crippen LogP contribution is 2.20. The van der Waals surface area contributed by atoms with Crippen LogP contribution >= 0.6 is 22.7 Å². The number of aromatic nitrogens is 1. The highest BCUT2D eigenvalue weighted by molar-refractivity contribution is 7.10. The molecular formula is C12H15N3OS2. The fourth-order valence-corrected chi connectivity index (χ4v) is 3.15. The first kappa shape index (κ1) is 13.2. The Kier molecular flexibility index (Phi) is 4.11. The predicted octanol–water partition coefficient (Wildman–Crippen LogP) is 2.17. The number of hydrogen-bond acceptors (Lipinski definition) is 5. The monoisotopic (exact) mass is 281 g/mol. The Labute approximate surface area is 114 Å². The molecule has 2 heterocycles. The molecule has 0 saturated heterocycles. The van der Waals surface area contributed by atoms with E-state index in [1.165, 1.54) is 11.3 Å². The predicted molar refractivity (Wildman–Crippen MR) is 74.6 cm³/mol. The molecule has 1 amide bonds. The zero-order chi connectivity index (χ0) is 13.1. The molecule has 0 aliphatic heterocycles. The Morgan fingerprint density at radius 1 is 1.56 bits per heavy atom. The summed E-state index contributed by atoms with van der Waals surface area (Å²) < 4.78 is 0. The SMILES string of the molecule is Cc1ncsc1CN(C)C(=O)C(N)c1cccs1. The van der Waals surface area contributed by atoms with Gasteiger partial charge in [0.25, 0.3) is 0 Å². The lowest BCUT2D eigenvalue weighted by Crippen LogP contribution is -2.35. The van der Waals surface area contributed by atoms with Crippen molar-refractivity contribution < 1.29 is 4.79 Å². The molecule has 0 saturated carbocycles. The fraction of sp³-hybridized carbons (Fsp3) is 0.333. The van der Waals surface area contributed by atoms with Gasteiger partial charge in [0.1, 0.15) is 6.04 Å². The molecule has 0 aromatic carbocycles. The van der Waals surface area contributed by atoms with E-state index in [9.17, 15) is 4.79 Å². The average Bonchev–Trinajstić information content (AvgIpc) is 3.00. The van der Waals surface area contributed by atoms with E-state index in [0.29, 0.717) is 6.54 Å². The van der Waals surface area contributed by atoms with Gasteiger partial charge in [-0.1, -0.05) is 6.07 Å². The van der Waals surface area contributed by atoms with Gasteiger partial charge < -0.3 is 10.6 Å². The van der Waals surface area contributed by atoms with Crippen molar-refractivity contribution in [2.75, 3.05) is 7.05 Å². The van der Waals surface area contributed by atoms with E-state index >= 15 is 0 Å². The van der Waals surface area contributed by atoms with Crippen molar-refractivity contribution in [3.05, 3.63) is 38.5 Å². The van der Waals surface area contributed by atoms with Crippen LogP contribution in [0.4, 0.5) is 0 Å². The zero-order valence-electron chi connectivity index (χ0n) is 10.3. The summed E-state index contributed by atoms with van der Waals surface area (Å²) in [4.78, 5) is 20.0. The molecule has 2 N–H and O–H groups in total. The van der Waals surface area contributed by atoms with E-state index in [1.807, 2.05) is 24.4 Å². The summed E-state index contributed by atoms with van der Waals surface area (Å²) in [5.41, 5.74) is 8.73. The Morgan fingerprint density at radius 2 is 2.33 bits per heavy atom. The van der Waals surface area contributed by atoms with Gasteiger partial charge in [0, 0.05) is 16.8 Å². The molecule has 1 atom stereocenters. The first-order chi connectivity index (χ1) is 8.59. The number of carbonyl (C=O) groups is 1. The third-order valence-corrected chi connectivity index (χ3v) is 4.59. The van der Waals surface area contributed by atoms with E-state index in [-0.39, 0.29) is 5.91 Å². The molecule has 1 unspecified atom stereocenters. The molecule has 0 fully saturated rings. The van der Waals surface area contributed by atoms with Gasteiger partial charge in [0.2, 0.25) is 5.91 Å². The van der Waals surface area contributed by atoms with Crippen LogP contribution < -0.4 is 5.73 Å². The highest BCUT2D eigenvalue weighted by atomic mass is 32.1. The zero-order valence-corrected chi connectivity index (χ0v) is 11.9. The van der Waals surface area contributed by atoms with E-state index in [2.05, 4.69) is 4.98 Å². The van der Waals surface area contributed by atoms with Gasteiger partial charge in [-0.3, -0.25) is 4.79 Å². The number of thiophene rings is 1. The van der Waals surface area contributed by atoms with Crippen LogP contribution in [0.15, 0.2) is 23.0 Å². The summed E-state index contributed by atoms with van der Waals surface area (Å²) in [5.74, 6) is -0.0646. The van der Waals surface area contributed by atoms with Gasteiger partial charge in [-0.2, -0.15) is 0 Å². The van der Waals surface area contributed by atoms with Crippen LogP contribution in [0, 0.1) is 6.92 Å². The maximum atomic E-state index is 12.2. The van der Waals surface area contributed by atoms with Crippen LogP contribution in [0.2, 0.25) is 0 Å². The third kappa shape index (κ3) is 2.77. The van der Waals surface area contributed by atoms with Crippen LogP contribution in [-0.4, -0.2) is 22.8 Å². The minimum absolute atomic E-state index is 0.0646. The van der Waals surface area contributed by atoms with E-state index in [1.54, 1.807) is 28.8 Å². The average molecular weight is 281 g/mol. The second-order valence-electron chi connectivity index (χ2n) is 4.05. The van der Waals surface area contributed by atoms with E-state index in [4.69, 9.17) is 5.73 Å². The first-order valence-corrected chi connectivity index (χ1v) is 7.28. The van der Waals surface area contributed by atoms with Crippen molar-refractivity contribution in [3.8, 4) is 0 Å². The molecule has 2 aromatic heterocycles. The van der Waals surface area contributed by atoms with Crippen LogP contribution in [0.1, 0.15) is 21.5 Å². The summed E-state index contributed by atoms with van der Waals surface area (Å²) in [6.45, 7) is 2.51. The van der Waals surface area contributed by atoms with E-state index in [0.717, 1.165) is 15.4 Å². The lowest BCUT2D eigenvalue weighted by atomic mass is 10.2. The Morgan fingerprint density at radius 3 is 2.89 bits per heavy atom. The molecule has 0 bridgehead atoms. The lowest BCUT2D eigenvalue weighted by molar-refractivity contribution is -0.131.